The van der Waals surface area contributed by atoms with Gasteiger partial charge in [0.2, 0.25) is 23.6 Å². The van der Waals surface area contributed by atoms with Gasteiger partial charge in [-0.3, -0.25) is 24.0 Å². The molecule has 0 saturated carbocycles. The van der Waals surface area contributed by atoms with Crippen LogP contribution in [-0.4, -0.2) is 81.1 Å². The molecule has 0 spiro atoms. The predicted octanol–water partition coefficient (Wildman–Crippen LogP) is -0.321. The standard InChI is InChI=1S/C30H39N5O9/c1-16(2)25(30(43)44)35-29(42)23(15-24(37)38)34-28(41)22(14-18-7-5-4-6-8-18)33-26(39)17(3)32-27(40)21(31)13-19-9-11-20(36)12-10-19/h4-12,16-17,21-23,25,36H,13-15,31H2,1-3H3,(H,32,40)(H,33,39)(H,34,41)(H,35,42)(H,37,38)(H,43,44). The van der Waals surface area contributed by atoms with Crippen molar-refractivity contribution in [2.24, 2.45) is 11.7 Å². The van der Waals surface area contributed by atoms with Gasteiger partial charge in [-0.15, -0.1) is 0 Å². The highest BCUT2D eigenvalue weighted by molar-refractivity contribution is 5.96. The summed E-state index contributed by atoms with van der Waals surface area (Å²) in [7, 11) is 0. The van der Waals surface area contributed by atoms with E-state index in [-0.39, 0.29) is 18.6 Å². The van der Waals surface area contributed by atoms with Crippen molar-refractivity contribution in [3.63, 3.8) is 0 Å². The van der Waals surface area contributed by atoms with E-state index >= 15 is 0 Å². The molecular weight excluding hydrogens is 574 g/mol. The first-order valence-corrected chi connectivity index (χ1v) is 13.9. The minimum atomic E-state index is -1.65. The molecule has 4 amide bonds. The molecule has 0 radical (unpaired) electrons. The molecule has 0 aromatic heterocycles. The maximum Gasteiger partial charge on any atom is 0.326 e. The monoisotopic (exact) mass is 613 g/mol. The van der Waals surface area contributed by atoms with Gasteiger partial charge in [0, 0.05) is 6.42 Å². The number of amides is 4. The Balaban J connectivity index is 2.17. The molecule has 2 aromatic rings. The zero-order valence-electron chi connectivity index (χ0n) is 24.7. The van der Waals surface area contributed by atoms with Crippen molar-refractivity contribution in [3.05, 3.63) is 65.7 Å². The van der Waals surface area contributed by atoms with Crippen LogP contribution in [0.3, 0.4) is 0 Å². The number of hydrogen-bond donors (Lipinski definition) is 8. The van der Waals surface area contributed by atoms with Gasteiger partial charge in [-0.05, 0) is 42.5 Å². The number of carbonyl (C=O) groups is 6. The smallest absolute Gasteiger partial charge is 0.326 e. The van der Waals surface area contributed by atoms with Crippen molar-refractivity contribution in [1.29, 1.82) is 0 Å². The Labute approximate surface area is 254 Å². The minimum Gasteiger partial charge on any atom is -0.508 e. The zero-order chi connectivity index (χ0) is 33.0. The molecule has 14 heteroatoms. The normalized spacial score (nSPS) is 14.3. The van der Waals surface area contributed by atoms with Crippen LogP contribution in [-0.2, 0) is 41.6 Å². The van der Waals surface area contributed by atoms with Crippen LogP contribution >= 0.6 is 0 Å². The number of nitrogens with one attached hydrogen (secondary N) is 4. The number of phenolic OH excluding ortho intramolecular Hbond substituents is 1. The molecule has 9 N–H and O–H groups in total. The Morgan fingerprint density at radius 3 is 1.77 bits per heavy atom. The lowest BCUT2D eigenvalue weighted by molar-refractivity contribution is -0.144. The lowest BCUT2D eigenvalue weighted by Crippen LogP contribution is -2.59. The first kappa shape index (κ1) is 35.2. The molecule has 2 rings (SSSR count). The third kappa shape index (κ3) is 11.4. The fourth-order valence-electron chi connectivity index (χ4n) is 4.14. The van der Waals surface area contributed by atoms with Crippen LogP contribution in [0, 0.1) is 5.92 Å². The number of carboxylic acid groups (broad SMARTS) is 2. The van der Waals surface area contributed by atoms with Crippen molar-refractivity contribution in [2.45, 2.75) is 70.2 Å². The zero-order valence-corrected chi connectivity index (χ0v) is 24.7. The Bertz CT molecular complexity index is 1320. The Hall–Kier alpha value is -4.98. The van der Waals surface area contributed by atoms with E-state index in [1.807, 2.05) is 0 Å². The molecule has 0 heterocycles. The maximum atomic E-state index is 13.4. The van der Waals surface area contributed by atoms with Gasteiger partial charge in [-0.1, -0.05) is 56.3 Å². The second kappa shape index (κ2) is 16.6. The summed E-state index contributed by atoms with van der Waals surface area (Å²) in [4.78, 5) is 75.0. The van der Waals surface area contributed by atoms with Gasteiger partial charge in [-0.25, -0.2) is 4.79 Å². The topological polar surface area (TPSA) is 237 Å². The number of phenols is 1. The van der Waals surface area contributed by atoms with Crippen molar-refractivity contribution in [2.75, 3.05) is 0 Å². The number of carboxylic acids is 2. The van der Waals surface area contributed by atoms with E-state index in [0.717, 1.165) is 0 Å². The molecule has 0 aliphatic rings. The number of carbonyl (C=O) groups excluding carboxylic acids is 4. The lowest BCUT2D eigenvalue weighted by Gasteiger charge is -2.26. The average Bonchev–Trinajstić information content (AvgIpc) is 2.95. The highest BCUT2D eigenvalue weighted by Crippen LogP contribution is 2.11. The van der Waals surface area contributed by atoms with Gasteiger partial charge in [0.15, 0.2) is 0 Å². The summed E-state index contributed by atoms with van der Waals surface area (Å²) < 4.78 is 0. The molecule has 0 saturated heterocycles. The van der Waals surface area contributed by atoms with Gasteiger partial charge in [0.05, 0.1) is 12.5 Å². The molecule has 0 bridgehead atoms. The summed E-state index contributed by atoms with van der Waals surface area (Å²) >= 11 is 0. The van der Waals surface area contributed by atoms with Crippen LogP contribution in [0.1, 0.15) is 38.3 Å². The highest BCUT2D eigenvalue weighted by Gasteiger charge is 2.33. The van der Waals surface area contributed by atoms with E-state index in [9.17, 15) is 44.1 Å². The Kier molecular flexibility index (Phi) is 13.3. The molecule has 44 heavy (non-hydrogen) atoms. The van der Waals surface area contributed by atoms with Crippen LogP contribution in [0.5, 0.6) is 5.75 Å². The number of nitrogens with two attached hydrogens (primary N) is 1. The van der Waals surface area contributed by atoms with Gasteiger partial charge in [-0.2, -0.15) is 0 Å². The van der Waals surface area contributed by atoms with Crippen LogP contribution in [0.4, 0.5) is 0 Å². The number of aromatic hydroxyl groups is 1. The van der Waals surface area contributed by atoms with E-state index in [1.54, 1.807) is 56.3 Å². The first-order valence-electron chi connectivity index (χ1n) is 13.9. The Morgan fingerprint density at radius 1 is 0.682 bits per heavy atom. The molecule has 5 atom stereocenters. The van der Waals surface area contributed by atoms with Crippen LogP contribution in [0.15, 0.2) is 54.6 Å². The van der Waals surface area contributed by atoms with Crippen molar-refractivity contribution >= 4 is 35.6 Å². The molecule has 2 aromatic carbocycles. The van der Waals surface area contributed by atoms with E-state index < -0.39 is 78.1 Å². The van der Waals surface area contributed by atoms with Crippen molar-refractivity contribution in [3.8, 4) is 5.75 Å². The van der Waals surface area contributed by atoms with Gasteiger partial charge in [0.25, 0.3) is 0 Å². The summed E-state index contributed by atoms with van der Waals surface area (Å²) in [6, 6.07) is 8.23. The molecule has 0 fully saturated rings. The fraction of sp³-hybridized carbons (Fsp3) is 0.400. The molecular formula is C30H39N5O9. The number of aliphatic carboxylic acids is 2. The number of benzene rings is 2. The molecule has 5 unspecified atom stereocenters. The molecule has 238 valence electrons. The van der Waals surface area contributed by atoms with E-state index in [1.165, 1.54) is 19.1 Å². The number of rotatable bonds is 16. The number of hydrogen-bond acceptors (Lipinski definition) is 8. The Morgan fingerprint density at radius 2 is 1.23 bits per heavy atom. The average molecular weight is 614 g/mol. The van der Waals surface area contributed by atoms with Crippen molar-refractivity contribution < 1.29 is 44.1 Å². The summed E-state index contributed by atoms with van der Waals surface area (Å²) in [5.41, 5.74) is 7.30. The largest absolute Gasteiger partial charge is 0.508 e. The summed E-state index contributed by atoms with van der Waals surface area (Å²) in [5.74, 6) is -6.54. The summed E-state index contributed by atoms with van der Waals surface area (Å²) in [6.45, 7) is 4.49. The van der Waals surface area contributed by atoms with Crippen molar-refractivity contribution in [1.82, 2.24) is 21.3 Å². The quantitative estimate of drug-likeness (QED) is 0.123. The first-order chi connectivity index (χ1) is 20.7. The summed E-state index contributed by atoms with van der Waals surface area (Å²) in [5, 5.41) is 37.8. The predicted molar refractivity (Wildman–Crippen MR) is 158 cm³/mol. The summed E-state index contributed by atoms with van der Waals surface area (Å²) in [6.07, 6.45) is -0.768. The molecule has 0 aliphatic heterocycles. The third-order valence-electron chi connectivity index (χ3n) is 6.64. The minimum absolute atomic E-state index is 0.0510. The van der Waals surface area contributed by atoms with Crippen LogP contribution in [0.2, 0.25) is 0 Å². The SMILES string of the molecule is CC(NC(=O)C(N)Cc1ccc(O)cc1)C(=O)NC(Cc1ccccc1)C(=O)NC(CC(=O)O)C(=O)NC(C(=O)O)C(C)C. The van der Waals surface area contributed by atoms with Crippen LogP contribution < -0.4 is 27.0 Å². The van der Waals surface area contributed by atoms with E-state index in [2.05, 4.69) is 21.3 Å². The third-order valence-corrected chi connectivity index (χ3v) is 6.64. The molecule has 14 nitrogen and oxygen atoms in total. The molecule has 0 aliphatic carbocycles. The lowest BCUT2D eigenvalue weighted by atomic mass is 10.0. The van der Waals surface area contributed by atoms with Gasteiger partial charge < -0.3 is 42.3 Å². The van der Waals surface area contributed by atoms with Gasteiger partial charge >= 0.3 is 11.9 Å². The second-order valence-corrected chi connectivity index (χ2v) is 10.7. The van der Waals surface area contributed by atoms with Gasteiger partial charge in [0.1, 0.15) is 29.9 Å². The maximum absolute atomic E-state index is 13.4. The second-order valence-electron chi connectivity index (χ2n) is 10.7. The van der Waals surface area contributed by atoms with E-state index in [0.29, 0.717) is 11.1 Å². The van der Waals surface area contributed by atoms with E-state index in [4.69, 9.17) is 5.73 Å². The fourth-order valence-corrected chi connectivity index (χ4v) is 4.14. The highest BCUT2D eigenvalue weighted by atomic mass is 16.4. The van der Waals surface area contributed by atoms with Crippen LogP contribution in [0.25, 0.3) is 0 Å².